The third-order valence-corrected chi connectivity index (χ3v) is 3.97. The van der Waals surface area contributed by atoms with Crippen LogP contribution in [0.15, 0.2) is 60.7 Å². The topological polar surface area (TPSA) is 116 Å². The number of ether oxygens (including phenoxy) is 1. The Kier molecular flexibility index (Phi) is 7.78. The summed E-state index contributed by atoms with van der Waals surface area (Å²) in [5, 5.41) is 13.2. The van der Waals surface area contributed by atoms with E-state index in [1.165, 1.54) is 37.3 Å². The third-order valence-electron chi connectivity index (χ3n) is 3.97. The molecule has 0 saturated heterocycles. The molecule has 8 heteroatoms. The van der Waals surface area contributed by atoms with Crippen molar-refractivity contribution in [3.63, 3.8) is 0 Å². The average molecular weight is 396 g/mol. The highest BCUT2D eigenvalue weighted by Crippen LogP contribution is 2.12. The quantitative estimate of drug-likeness (QED) is 0.301. The molecule has 0 heterocycles. The van der Waals surface area contributed by atoms with Gasteiger partial charge in [0, 0.05) is 18.2 Å². The summed E-state index contributed by atoms with van der Waals surface area (Å²) in [6.45, 7) is 0.856. The van der Waals surface area contributed by atoms with Crippen molar-refractivity contribution in [2.75, 3.05) is 6.61 Å². The molecule has 0 aliphatic carbocycles. The molecular formula is C21H20N2O6. The lowest BCUT2D eigenvalue weighted by Crippen LogP contribution is -2.43. The molecule has 2 aromatic carbocycles. The molecule has 29 heavy (non-hydrogen) atoms. The van der Waals surface area contributed by atoms with Crippen LogP contribution in [0.25, 0.3) is 6.08 Å². The van der Waals surface area contributed by atoms with E-state index in [0.717, 1.165) is 11.6 Å². The first-order valence-corrected chi connectivity index (χ1v) is 8.78. The van der Waals surface area contributed by atoms with Crippen molar-refractivity contribution >= 4 is 29.4 Å². The van der Waals surface area contributed by atoms with Crippen molar-refractivity contribution in [2.45, 2.75) is 19.4 Å². The summed E-state index contributed by atoms with van der Waals surface area (Å²) < 4.78 is 4.86. The molecule has 0 bridgehead atoms. The van der Waals surface area contributed by atoms with E-state index in [1.54, 1.807) is 0 Å². The number of non-ortho nitro benzene ring substituents is 1. The maximum absolute atomic E-state index is 12.0. The van der Waals surface area contributed by atoms with Gasteiger partial charge in [0.25, 0.3) is 11.6 Å². The lowest BCUT2D eigenvalue weighted by molar-refractivity contribution is -0.384. The van der Waals surface area contributed by atoms with Crippen molar-refractivity contribution in [1.29, 1.82) is 0 Å². The summed E-state index contributed by atoms with van der Waals surface area (Å²) in [5.74, 6) is -1.54. The zero-order valence-electron chi connectivity index (χ0n) is 15.7. The van der Waals surface area contributed by atoms with Crippen LogP contribution in [0.5, 0.6) is 0 Å². The van der Waals surface area contributed by atoms with Gasteiger partial charge in [0.2, 0.25) is 0 Å². The van der Waals surface area contributed by atoms with Gasteiger partial charge in [-0.1, -0.05) is 30.3 Å². The zero-order valence-corrected chi connectivity index (χ0v) is 15.7. The van der Waals surface area contributed by atoms with E-state index in [0.29, 0.717) is 12.0 Å². The number of amides is 1. The largest absolute Gasteiger partial charge is 0.452 e. The maximum Gasteiger partial charge on any atom is 0.331 e. The summed E-state index contributed by atoms with van der Waals surface area (Å²) in [4.78, 5) is 45.6. The van der Waals surface area contributed by atoms with Crippen molar-refractivity contribution in [3.05, 3.63) is 81.9 Å². The van der Waals surface area contributed by atoms with E-state index in [-0.39, 0.29) is 11.5 Å². The van der Waals surface area contributed by atoms with E-state index in [4.69, 9.17) is 4.74 Å². The van der Waals surface area contributed by atoms with Gasteiger partial charge in [0.1, 0.15) is 0 Å². The van der Waals surface area contributed by atoms with Gasteiger partial charge < -0.3 is 10.1 Å². The van der Waals surface area contributed by atoms with Gasteiger partial charge in [-0.3, -0.25) is 19.7 Å². The molecule has 2 aromatic rings. The van der Waals surface area contributed by atoms with Crippen molar-refractivity contribution in [3.8, 4) is 0 Å². The summed E-state index contributed by atoms with van der Waals surface area (Å²) in [6.07, 6.45) is 2.87. The molecule has 0 aromatic heterocycles. The molecular weight excluding hydrogens is 376 g/mol. The van der Waals surface area contributed by atoms with Crippen LogP contribution in [-0.4, -0.2) is 35.2 Å². The predicted octanol–water partition coefficient (Wildman–Crippen LogP) is 2.47. The maximum atomic E-state index is 12.0. The second-order valence-corrected chi connectivity index (χ2v) is 6.21. The molecule has 0 spiro atoms. The van der Waals surface area contributed by atoms with Crippen LogP contribution in [0.1, 0.15) is 18.1 Å². The van der Waals surface area contributed by atoms with Crippen LogP contribution in [0.4, 0.5) is 5.69 Å². The first-order valence-electron chi connectivity index (χ1n) is 8.78. The number of carbonyl (C=O) groups excluding carboxylic acids is 3. The van der Waals surface area contributed by atoms with E-state index >= 15 is 0 Å². The summed E-state index contributed by atoms with van der Waals surface area (Å²) in [6, 6.07) is 14.1. The molecule has 0 fully saturated rings. The number of Topliss-reactive ketones (excluding diaryl/α,β-unsaturated/α-hetero) is 1. The Hall–Kier alpha value is -3.81. The highest BCUT2D eigenvalue weighted by molar-refractivity contribution is 5.91. The van der Waals surface area contributed by atoms with Crippen LogP contribution in [0.3, 0.4) is 0 Å². The number of nitro benzene ring substituents is 1. The van der Waals surface area contributed by atoms with Crippen LogP contribution in [0, 0.1) is 10.1 Å². The highest BCUT2D eigenvalue weighted by atomic mass is 16.6. The van der Waals surface area contributed by atoms with Crippen LogP contribution >= 0.6 is 0 Å². The standard InChI is InChI=1S/C21H20N2O6/c1-15(24)19(13-17-5-3-2-4-6-17)22-20(25)14-29-21(26)12-9-16-7-10-18(11-8-16)23(27)28/h2-12,19H,13-14H2,1H3,(H,22,25)/b12-9+/t19-/m1/s1. The Morgan fingerprint density at radius 1 is 1.10 bits per heavy atom. The van der Waals surface area contributed by atoms with E-state index < -0.39 is 29.4 Å². The Morgan fingerprint density at radius 2 is 1.76 bits per heavy atom. The van der Waals surface area contributed by atoms with Gasteiger partial charge in [0.05, 0.1) is 11.0 Å². The van der Waals surface area contributed by atoms with E-state index in [2.05, 4.69) is 5.32 Å². The fourth-order valence-electron chi connectivity index (χ4n) is 2.44. The first kappa shape index (κ1) is 21.5. The fourth-order valence-corrected chi connectivity index (χ4v) is 2.44. The SMILES string of the molecule is CC(=O)[C@@H](Cc1ccccc1)NC(=O)COC(=O)/C=C/c1ccc([N+](=O)[O-])cc1. The molecule has 8 nitrogen and oxygen atoms in total. The highest BCUT2D eigenvalue weighted by Gasteiger charge is 2.18. The fraction of sp³-hybridized carbons (Fsp3) is 0.190. The number of benzene rings is 2. The Bertz CT molecular complexity index is 907. The Labute approximate surface area is 167 Å². The van der Waals surface area contributed by atoms with E-state index in [1.807, 2.05) is 30.3 Å². The summed E-state index contributed by atoms with van der Waals surface area (Å²) in [5.41, 5.74) is 1.41. The normalized spacial score (nSPS) is 11.6. The lowest BCUT2D eigenvalue weighted by Gasteiger charge is -2.16. The minimum absolute atomic E-state index is 0.0584. The molecule has 150 valence electrons. The van der Waals surface area contributed by atoms with Crippen molar-refractivity contribution in [2.24, 2.45) is 0 Å². The zero-order chi connectivity index (χ0) is 21.2. The number of nitrogens with one attached hydrogen (secondary N) is 1. The minimum atomic E-state index is -0.749. The molecule has 0 radical (unpaired) electrons. The van der Waals surface area contributed by atoms with Crippen molar-refractivity contribution < 1.29 is 24.0 Å². The number of hydrogen-bond acceptors (Lipinski definition) is 6. The molecule has 0 aliphatic heterocycles. The first-order chi connectivity index (χ1) is 13.8. The number of nitrogens with zero attached hydrogens (tertiary/aromatic N) is 1. The number of nitro groups is 1. The molecule has 0 unspecified atom stereocenters. The summed E-state index contributed by atoms with van der Waals surface area (Å²) >= 11 is 0. The Morgan fingerprint density at radius 3 is 2.34 bits per heavy atom. The molecule has 1 amide bonds. The molecule has 1 N–H and O–H groups in total. The number of ketones is 1. The molecule has 0 aliphatic rings. The molecule has 2 rings (SSSR count). The lowest BCUT2D eigenvalue weighted by atomic mass is 10.0. The van der Waals surface area contributed by atoms with Crippen molar-refractivity contribution in [1.82, 2.24) is 5.32 Å². The van der Waals surface area contributed by atoms with Crippen LogP contribution < -0.4 is 5.32 Å². The molecule has 0 saturated carbocycles. The number of hydrogen-bond donors (Lipinski definition) is 1. The molecule has 1 atom stereocenters. The number of carbonyl (C=O) groups is 3. The second-order valence-electron chi connectivity index (χ2n) is 6.21. The van der Waals surface area contributed by atoms with Crippen LogP contribution in [-0.2, 0) is 25.5 Å². The number of rotatable bonds is 9. The predicted molar refractivity (Wildman–Crippen MR) is 106 cm³/mol. The van der Waals surface area contributed by atoms with Gasteiger partial charge in [0.15, 0.2) is 12.4 Å². The van der Waals surface area contributed by atoms with Crippen LogP contribution in [0.2, 0.25) is 0 Å². The average Bonchev–Trinajstić information content (AvgIpc) is 2.71. The van der Waals surface area contributed by atoms with Gasteiger partial charge in [-0.15, -0.1) is 0 Å². The summed E-state index contributed by atoms with van der Waals surface area (Å²) in [7, 11) is 0. The number of esters is 1. The van der Waals surface area contributed by atoms with E-state index in [9.17, 15) is 24.5 Å². The Balaban J connectivity index is 1.82. The van der Waals surface area contributed by atoms with Gasteiger partial charge in [-0.2, -0.15) is 0 Å². The monoisotopic (exact) mass is 396 g/mol. The third kappa shape index (κ3) is 7.37. The smallest absolute Gasteiger partial charge is 0.331 e. The van der Waals surface area contributed by atoms with Gasteiger partial charge >= 0.3 is 5.97 Å². The second kappa shape index (κ2) is 10.5. The van der Waals surface area contributed by atoms with Gasteiger partial charge in [-0.25, -0.2) is 4.79 Å². The minimum Gasteiger partial charge on any atom is -0.452 e. The van der Waals surface area contributed by atoms with Gasteiger partial charge in [-0.05, 0) is 42.7 Å².